The van der Waals surface area contributed by atoms with Crippen LogP contribution in [0.2, 0.25) is 0 Å². The summed E-state index contributed by atoms with van der Waals surface area (Å²) in [5, 5.41) is 14.4. The van der Waals surface area contributed by atoms with Crippen LogP contribution < -0.4 is 10.6 Å². The Labute approximate surface area is 116 Å². The van der Waals surface area contributed by atoms with Crippen molar-refractivity contribution in [2.75, 3.05) is 0 Å². The molecule has 1 heterocycles. The van der Waals surface area contributed by atoms with E-state index in [0.717, 1.165) is 12.8 Å². The second-order valence-corrected chi connectivity index (χ2v) is 5.41. The SMILES string of the molecule is Cc1cnc(C(C)NC(=O)NC(C)(C(=O)O)C2CC2)o1. The molecule has 20 heavy (non-hydrogen) atoms. The average Bonchev–Trinajstić information content (AvgIpc) is 3.11. The predicted octanol–water partition coefficient (Wildman–Crippen LogP) is 1.60. The minimum atomic E-state index is -1.23. The molecule has 3 N–H and O–H groups in total. The topological polar surface area (TPSA) is 104 Å². The monoisotopic (exact) mass is 281 g/mol. The summed E-state index contributed by atoms with van der Waals surface area (Å²) in [6.07, 6.45) is 3.20. The second-order valence-electron chi connectivity index (χ2n) is 5.41. The maximum absolute atomic E-state index is 11.9. The van der Waals surface area contributed by atoms with E-state index < -0.39 is 23.6 Å². The molecule has 7 nitrogen and oxygen atoms in total. The molecule has 0 saturated heterocycles. The number of aliphatic carboxylic acids is 1. The van der Waals surface area contributed by atoms with Gasteiger partial charge in [-0.3, -0.25) is 0 Å². The number of urea groups is 1. The summed E-state index contributed by atoms with van der Waals surface area (Å²) in [4.78, 5) is 27.3. The van der Waals surface area contributed by atoms with E-state index in [4.69, 9.17) is 4.42 Å². The van der Waals surface area contributed by atoms with Crippen LogP contribution in [0, 0.1) is 12.8 Å². The van der Waals surface area contributed by atoms with Gasteiger partial charge in [-0.15, -0.1) is 0 Å². The first-order valence-corrected chi connectivity index (χ1v) is 6.57. The first kappa shape index (κ1) is 14.4. The Hall–Kier alpha value is -2.05. The van der Waals surface area contributed by atoms with Gasteiger partial charge in [0.1, 0.15) is 17.3 Å². The summed E-state index contributed by atoms with van der Waals surface area (Å²) in [5.74, 6) is 0.0170. The highest BCUT2D eigenvalue weighted by Gasteiger charge is 2.48. The van der Waals surface area contributed by atoms with E-state index >= 15 is 0 Å². The van der Waals surface area contributed by atoms with Crippen molar-refractivity contribution >= 4 is 12.0 Å². The van der Waals surface area contributed by atoms with Crippen molar-refractivity contribution in [2.24, 2.45) is 5.92 Å². The van der Waals surface area contributed by atoms with E-state index in [2.05, 4.69) is 15.6 Å². The van der Waals surface area contributed by atoms with Crippen LogP contribution in [0.5, 0.6) is 0 Å². The lowest BCUT2D eigenvalue weighted by Crippen LogP contribution is -2.57. The maximum Gasteiger partial charge on any atom is 0.329 e. The quantitative estimate of drug-likeness (QED) is 0.760. The third kappa shape index (κ3) is 2.92. The molecule has 1 aromatic rings. The van der Waals surface area contributed by atoms with Gasteiger partial charge in [0.05, 0.1) is 6.20 Å². The summed E-state index contributed by atoms with van der Waals surface area (Å²) < 4.78 is 5.31. The van der Waals surface area contributed by atoms with Gasteiger partial charge >= 0.3 is 12.0 Å². The van der Waals surface area contributed by atoms with Crippen molar-refractivity contribution in [3.05, 3.63) is 17.8 Å². The molecule has 1 fully saturated rings. The number of aromatic nitrogens is 1. The highest BCUT2D eigenvalue weighted by Crippen LogP contribution is 2.39. The third-order valence-electron chi connectivity index (χ3n) is 3.57. The van der Waals surface area contributed by atoms with Crippen molar-refractivity contribution in [1.29, 1.82) is 0 Å². The van der Waals surface area contributed by atoms with E-state index in [1.165, 1.54) is 6.92 Å². The van der Waals surface area contributed by atoms with Crippen LogP contribution in [0.15, 0.2) is 10.6 Å². The normalized spacial score (nSPS) is 18.9. The molecule has 0 radical (unpaired) electrons. The largest absolute Gasteiger partial charge is 0.480 e. The van der Waals surface area contributed by atoms with Crippen LogP contribution in [-0.2, 0) is 4.79 Å². The summed E-state index contributed by atoms with van der Waals surface area (Å²) in [5.41, 5.74) is -1.23. The summed E-state index contributed by atoms with van der Waals surface area (Å²) in [6.45, 7) is 5.02. The molecule has 0 bridgehead atoms. The Morgan fingerprint density at radius 3 is 2.65 bits per heavy atom. The van der Waals surface area contributed by atoms with E-state index in [1.807, 2.05) is 0 Å². The Kier molecular flexibility index (Phi) is 3.69. The van der Waals surface area contributed by atoms with Gasteiger partial charge in [0.25, 0.3) is 0 Å². The highest BCUT2D eigenvalue weighted by atomic mass is 16.4. The van der Waals surface area contributed by atoms with Crippen LogP contribution in [0.25, 0.3) is 0 Å². The molecule has 2 amide bonds. The van der Waals surface area contributed by atoms with Gasteiger partial charge in [-0.1, -0.05) is 0 Å². The lowest BCUT2D eigenvalue weighted by atomic mass is 9.96. The van der Waals surface area contributed by atoms with Gasteiger partial charge in [-0.05, 0) is 39.5 Å². The fraction of sp³-hybridized carbons (Fsp3) is 0.615. The zero-order valence-corrected chi connectivity index (χ0v) is 11.8. The molecule has 1 aromatic heterocycles. The van der Waals surface area contributed by atoms with E-state index in [9.17, 15) is 14.7 Å². The standard InChI is InChI=1S/C13H19N3O4/c1-7-6-14-10(20-7)8(2)15-12(19)16-13(3,11(17)18)9-4-5-9/h6,8-9H,4-5H2,1-3H3,(H,17,18)(H2,15,16,19). The molecule has 110 valence electrons. The molecular formula is C13H19N3O4. The third-order valence-corrected chi connectivity index (χ3v) is 3.57. The summed E-state index contributed by atoms with van der Waals surface area (Å²) in [6, 6.07) is -0.967. The summed E-state index contributed by atoms with van der Waals surface area (Å²) in [7, 11) is 0. The number of carboxylic acids is 1. The second kappa shape index (κ2) is 5.15. The number of amides is 2. The van der Waals surface area contributed by atoms with Crippen LogP contribution in [0.4, 0.5) is 4.79 Å². The fourth-order valence-corrected chi connectivity index (χ4v) is 2.09. The van der Waals surface area contributed by atoms with Gasteiger partial charge < -0.3 is 20.2 Å². The lowest BCUT2D eigenvalue weighted by molar-refractivity contribution is -0.144. The molecule has 1 aliphatic carbocycles. The Balaban J connectivity index is 1.96. The first-order valence-electron chi connectivity index (χ1n) is 6.57. The van der Waals surface area contributed by atoms with Crippen molar-refractivity contribution in [3.63, 3.8) is 0 Å². The number of carbonyl (C=O) groups excluding carboxylic acids is 1. The molecule has 2 rings (SSSR count). The van der Waals surface area contributed by atoms with Gasteiger partial charge in [0.2, 0.25) is 5.89 Å². The van der Waals surface area contributed by atoms with Crippen LogP contribution in [0.3, 0.4) is 0 Å². The van der Waals surface area contributed by atoms with Crippen molar-refractivity contribution in [3.8, 4) is 0 Å². The number of nitrogens with zero attached hydrogens (tertiary/aromatic N) is 1. The number of aryl methyl sites for hydroxylation is 1. The number of rotatable bonds is 5. The van der Waals surface area contributed by atoms with Crippen LogP contribution in [0.1, 0.15) is 44.4 Å². The number of carbonyl (C=O) groups is 2. The smallest absolute Gasteiger partial charge is 0.329 e. The summed E-state index contributed by atoms with van der Waals surface area (Å²) >= 11 is 0. The van der Waals surface area contributed by atoms with Crippen molar-refractivity contribution in [2.45, 2.75) is 45.2 Å². The van der Waals surface area contributed by atoms with Gasteiger partial charge in [0.15, 0.2) is 0 Å². The zero-order chi connectivity index (χ0) is 14.9. The Morgan fingerprint density at radius 1 is 1.55 bits per heavy atom. The molecule has 0 spiro atoms. The molecule has 0 aromatic carbocycles. The fourth-order valence-electron chi connectivity index (χ4n) is 2.09. The molecule has 2 unspecified atom stereocenters. The number of hydrogen-bond acceptors (Lipinski definition) is 4. The predicted molar refractivity (Wildman–Crippen MR) is 70.1 cm³/mol. The number of hydrogen-bond donors (Lipinski definition) is 3. The van der Waals surface area contributed by atoms with E-state index in [0.29, 0.717) is 11.7 Å². The molecule has 1 aliphatic rings. The van der Waals surface area contributed by atoms with Gasteiger partial charge in [-0.25, -0.2) is 14.6 Å². The lowest BCUT2D eigenvalue weighted by Gasteiger charge is -2.26. The molecule has 7 heteroatoms. The van der Waals surface area contributed by atoms with Crippen molar-refractivity contribution in [1.82, 2.24) is 15.6 Å². The average molecular weight is 281 g/mol. The van der Waals surface area contributed by atoms with E-state index in [1.54, 1.807) is 20.0 Å². The molecule has 0 aliphatic heterocycles. The van der Waals surface area contributed by atoms with Gasteiger partial charge in [0, 0.05) is 0 Å². The highest BCUT2D eigenvalue weighted by molar-refractivity contribution is 5.86. The maximum atomic E-state index is 11.9. The number of carboxylic acid groups (broad SMARTS) is 1. The molecule has 1 saturated carbocycles. The Bertz CT molecular complexity index is 523. The minimum Gasteiger partial charge on any atom is -0.480 e. The van der Waals surface area contributed by atoms with Gasteiger partial charge in [-0.2, -0.15) is 0 Å². The van der Waals surface area contributed by atoms with E-state index in [-0.39, 0.29) is 5.92 Å². The van der Waals surface area contributed by atoms with Crippen LogP contribution in [-0.4, -0.2) is 27.6 Å². The Morgan fingerprint density at radius 2 is 2.20 bits per heavy atom. The van der Waals surface area contributed by atoms with Crippen LogP contribution >= 0.6 is 0 Å². The first-order chi connectivity index (χ1) is 9.33. The molecular weight excluding hydrogens is 262 g/mol. The van der Waals surface area contributed by atoms with Crippen molar-refractivity contribution < 1.29 is 19.1 Å². The minimum absolute atomic E-state index is 0.00922. The zero-order valence-electron chi connectivity index (χ0n) is 11.8. The molecule has 2 atom stereocenters. The number of oxazole rings is 1. The number of nitrogens with one attached hydrogen (secondary N) is 2.